The van der Waals surface area contributed by atoms with E-state index in [1.807, 2.05) is 24.3 Å². The number of allylic oxidation sites excluding steroid dienone is 4. The second kappa shape index (κ2) is 10.4. The Balaban J connectivity index is 1.45. The first-order valence-corrected chi connectivity index (χ1v) is 13.2. The van der Waals surface area contributed by atoms with Crippen LogP contribution in [0.25, 0.3) is 22.5 Å². The first-order chi connectivity index (χ1) is 19.0. The Kier molecular flexibility index (Phi) is 6.52. The van der Waals surface area contributed by atoms with Crippen molar-refractivity contribution in [2.75, 3.05) is 18.5 Å². The zero-order valence-corrected chi connectivity index (χ0v) is 22.0. The molecule has 2 aliphatic rings. The Morgan fingerprint density at radius 3 is 1.64 bits per heavy atom. The fourth-order valence-corrected chi connectivity index (χ4v) is 5.33. The van der Waals surface area contributed by atoms with E-state index in [0.717, 1.165) is 33.9 Å². The van der Waals surface area contributed by atoms with Crippen LogP contribution in [0.5, 0.6) is 0 Å². The smallest absolute Gasteiger partial charge is 0.0717 e. The summed E-state index contributed by atoms with van der Waals surface area (Å²) in [5.41, 5.74) is 22.8. The average molecular weight is 509 g/mol. The second-order valence-corrected chi connectivity index (χ2v) is 10.1. The van der Waals surface area contributed by atoms with Gasteiger partial charge in [0, 0.05) is 29.8 Å². The van der Waals surface area contributed by atoms with Crippen LogP contribution >= 0.6 is 0 Å². The summed E-state index contributed by atoms with van der Waals surface area (Å²) >= 11 is 0. The Morgan fingerprint density at radius 2 is 1.08 bits per heavy atom. The van der Waals surface area contributed by atoms with Gasteiger partial charge in [-0.25, -0.2) is 0 Å². The SMILES string of the molecule is CN1C(c2ccc(N)cc2)=CC(c2ccccc2)=CC1C1C=C(c2ccccc2)C=C(c2ccc(N)cc2)N1. The molecule has 2 aliphatic heterocycles. The third kappa shape index (κ3) is 5.10. The molecule has 39 heavy (non-hydrogen) atoms. The molecule has 192 valence electrons. The van der Waals surface area contributed by atoms with Gasteiger partial charge in [0.05, 0.1) is 12.1 Å². The third-order valence-corrected chi connectivity index (χ3v) is 7.46. The largest absolute Gasteiger partial charge is 0.399 e. The molecule has 4 heteroatoms. The highest BCUT2D eigenvalue weighted by Gasteiger charge is 2.30. The van der Waals surface area contributed by atoms with Crippen molar-refractivity contribution < 1.29 is 0 Å². The van der Waals surface area contributed by atoms with Crippen molar-refractivity contribution in [1.29, 1.82) is 0 Å². The molecule has 4 aromatic rings. The van der Waals surface area contributed by atoms with Crippen molar-refractivity contribution in [1.82, 2.24) is 10.2 Å². The highest BCUT2D eigenvalue weighted by atomic mass is 15.2. The van der Waals surface area contributed by atoms with Gasteiger partial charge < -0.3 is 21.7 Å². The van der Waals surface area contributed by atoms with Crippen molar-refractivity contribution >= 4 is 33.9 Å². The maximum Gasteiger partial charge on any atom is 0.0717 e. The van der Waals surface area contributed by atoms with E-state index in [1.54, 1.807) is 0 Å². The molecule has 0 spiro atoms. The van der Waals surface area contributed by atoms with E-state index in [4.69, 9.17) is 11.5 Å². The van der Waals surface area contributed by atoms with Gasteiger partial charge in [-0.2, -0.15) is 0 Å². The summed E-state index contributed by atoms with van der Waals surface area (Å²) in [6, 6.07) is 37.4. The van der Waals surface area contributed by atoms with Gasteiger partial charge >= 0.3 is 0 Å². The number of dihydropyridines is 1. The number of anilines is 2. The molecule has 4 nitrogen and oxygen atoms in total. The Morgan fingerprint density at radius 1 is 0.564 bits per heavy atom. The van der Waals surface area contributed by atoms with E-state index >= 15 is 0 Å². The summed E-state index contributed by atoms with van der Waals surface area (Å²) in [7, 11) is 2.17. The van der Waals surface area contributed by atoms with Crippen molar-refractivity contribution in [3.8, 4) is 0 Å². The zero-order chi connectivity index (χ0) is 26.8. The lowest BCUT2D eigenvalue weighted by molar-refractivity contribution is 0.359. The molecule has 0 amide bonds. The molecule has 4 aromatic carbocycles. The van der Waals surface area contributed by atoms with Crippen LogP contribution in [0.2, 0.25) is 0 Å². The topological polar surface area (TPSA) is 67.3 Å². The molecular weight excluding hydrogens is 476 g/mol. The second-order valence-electron chi connectivity index (χ2n) is 10.1. The van der Waals surface area contributed by atoms with Crippen molar-refractivity contribution in [2.24, 2.45) is 0 Å². The van der Waals surface area contributed by atoms with E-state index in [1.165, 1.54) is 22.3 Å². The molecule has 2 heterocycles. The predicted octanol–water partition coefficient (Wildman–Crippen LogP) is 6.69. The molecule has 0 aliphatic carbocycles. The lowest BCUT2D eigenvalue weighted by atomic mass is 9.88. The highest BCUT2D eigenvalue weighted by molar-refractivity contribution is 5.88. The third-order valence-electron chi connectivity index (χ3n) is 7.46. The number of hydrogen-bond donors (Lipinski definition) is 3. The molecule has 0 saturated carbocycles. The minimum atomic E-state index is 0.0129. The quantitative estimate of drug-likeness (QED) is 0.263. The minimum Gasteiger partial charge on any atom is -0.399 e. The van der Waals surface area contributed by atoms with Gasteiger partial charge in [-0.3, -0.25) is 0 Å². The minimum absolute atomic E-state index is 0.0129. The zero-order valence-electron chi connectivity index (χ0n) is 22.0. The first kappa shape index (κ1) is 24.4. The molecule has 6 rings (SSSR count). The molecule has 0 radical (unpaired) electrons. The first-order valence-electron chi connectivity index (χ1n) is 13.2. The summed E-state index contributed by atoms with van der Waals surface area (Å²) in [6.07, 6.45) is 9.23. The highest BCUT2D eigenvalue weighted by Crippen LogP contribution is 2.36. The molecule has 2 unspecified atom stereocenters. The standard InChI is InChI=1S/C35H32N4/c1-39-34(27-14-18-31(37)19-15-27)22-29(25-10-6-3-7-11-25)23-35(39)33-21-28(24-8-4-2-5-9-24)20-32(38-33)26-12-16-30(36)17-13-26/h2-23,33,35,38H,36-37H2,1H3. The van der Waals surface area contributed by atoms with Gasteiger partial charge in [0.15, 0.2) is 0 Å². The molecule has 0 aromatic heterocycles. The monoisotopic (exact) mass is 508 g/mol. The number of hydrogen-bond acceptors (Lipinski definition) is 4. The van der Waals surface area contributed by atoms with Crippen LogP contribution < -0.4 is 16.8 Å². The van der Waals surface area contributed by atoms with Gasteiger partial charge in [-0.15, -0.1) is 0 Å². The van der Waals surface area contributed by atoms with E-state index in [0.29, 0.717) is 0 Å². The number of benzene rings is 4. The van der Waals surface area contributed by atoms with Crippen LogP contribution in [0, 0.1) is 0 Å². The Hall–Kier alpha value is -4.96. The number of nitrogens with one attached hydrogen (secondary N) is 1. The average Bonchev–Trinajstić information content (AvgIpc) is 2.99. The Labute approximate surface area is 230 Å². The molecular formula is C35H32N4. The molecule has 5 N–H and O–H groups in total. The lowest BCUT2D eigenvalue weighted by Crippen LogP contribution is -2.47. The number of nitrogens with zero attached hydrogens (tertiary/aromatic N) is 1. The number of nitrogen functional groups attached to an aromatic ring is 2. The molecule has 0 fully saturated rings. The van der Waals surface area contributed by atoms with Crippen LogP contribution in [0.3, 0.4) is 0 Å². The van der Waals surface area contributed by atoms with Gasteiger partial charge in [-0.05, 0) is 69.8 Å². The van der Waals surface area contributed by atoms with E-state index in [2.05, 4.69) is 126 Å². The summed E-state index contributed by atoms with van der Waals surface area (Å²) < 4.78 is 0. The normalized spacial score (nSPS) is 18.8. The molecule has 0 bridgehead atoms. The fraction of sp³-hybridized carbons (Fsp3) is 0.0857. The van der Waals surface area contributed by atoms with E-state index < -0.39 is 0 Å². The van der Waals surface area contributed by atoms with Gasteiger partial charge in [0.25, 0.3) is 0 Å². The summed E-state index contributed by atoms with van der Waals surface area (Å²) in [4.78, 5) is 2.36. The fourth-order valence-electron chi connectivity index (χ4n) is 5.33. The van der Waals surface area contributed by atoms with Crippen LogP contribution in [-0.4, -0.2) is 24.0 Å². The Bertz CT molecular complexity index is 1580. The van der Waals surface area contributed by atoms with Gasteiger partial charge in [-0.1, -0.05) is 97.1 Å². The van der Waals surface area contributed by atoms with Crippen molar-refractivity contribution in [3.63, 3.8) is 0 Å². The summed E-state index contributed by atoms with van der Waals surface area (Å²) in [5, 5.41) is 3.85. The van der Waals surface area contributed by atoms with Crippen LogP contribution in [-0.2, 0) is 0 Å². The van der Waals surface area contributed by atoms with Gasteiger partial charge in [0.1, 0.15) is 0 Å². The number of nitrogens with two attached hydrogens (primary N) is 2. The van der Waals surface area contributed by atoms with E-state index in [-0.39, 0.29) is 12.1 Å². The number of likely N-dealkylation sites (N-methyl/N-ethyl adjacent to an activating group) is 1. The molecule has 2 atom stereocenters. The summed E-state index contributed by atoms with van der Waals surface area (Å²) in [5.74, 6) is 0. The van der Waals surface area contributed by atoms with Crippen molar-refractivity contribution in [3.05, 3.63) is 156 Å². The van der Waals surface area contributed by atoms with Gasteiger partial charge in [0.2, 0.25) is 0 Å². The molecule has 0 saturated heterocycles. The maximum absolute atomic E-state index is 6.03. The van der Waals surface area contributed by atoms with Crippen molar-refractivity contribution in [2.45, 2.75) is 12.1 Å². The lowest BCUT2D eigenvalue weighted by Gasteiger charge is -2.40. The van der Waals surface area contributed by atoms with Crippen LogP contribution in [0.4, 0.5) is 11.4 Å². The summed E-state index contributed by atoms with van der Waals surface area (Å²) in [6.45, 7) is 0. The predicted molar refractivity (Wildman–Crippen MR) is 165 cm³/mol. The van der Waals surface area contributed by atoms with Crippen LogP contribution in [0.15, 0.2) is 133 Å². The number of rotatable bonds is 5. The van der Waals surface area contributed by atoms with Crippen LogP contribution in [0.1, 0.15) is 22.3 Å². The van der Waals surface area contributed by atoms with E-state index in [9.17, 15) is 0 Å². The maximum atomic E-state index is 6.03.